The van der Waals surface area contributed by atoms with E-state index < -0.39 is 11.3 Å². The highest BCUT2D eigenvalue weighted by atomic mass is 35.5. The van der Waals surface area contributed by atoms with Crippen LogP contribution in [0.1, 0.15) is 13.8 Å². The molecule has 1 atom stereocenters. The molecule has 0 aromatic heterocycles. The normalized spacial score (nSPS) is 14.0. The second kappa shape index (κ2) is 2.92. The number of aliphatic carboxylic acids is 1. The van der Waals surface area contributed by atoms with Crippen molar-refractivity contribution in [3.05, 3.63) is 0 Å². The van der Waals surface area contributed by atoms with Gasteiger partial charge < -0.3 is 9.90 Å². The Morgan fingerprint density at radius 3 is 2.00 bits per heavy atom. The fourth-order valence-electron chi connectivity index (χ4n) is 0.272. The van der Waals surface area contributed by atoms with Crippen LogP contribution < -0.4 is 5.11 Å². The van der Waals surface area contributed by atoms with E-state index in [9.17, 15) is 9.90 Å². The summed E-state index contributed by atoms with van der Waals surface area (Å²) in [5, 5.41) is 9.05. The highest BCUT2D eigenvalue weighted by molar-refractivity contribution is 6.29. The number of halogens is 1. The molecular weight excluding hydrogens is 128 g/mol. The smallest absolute Gasteiger partial charge is 0.0753 e. The van der Waals surface area contributed by atoms with E-state index >= 15 is 0 Å². The predicted octanol–water partition coefficient (Wildman–Crippen LogP) is -0.000300. The van der Waals surface area contributed by atoms with Crippen LogP contribution in [0.15, 0.2) is 0 Å². The van der Waals surface area contributed by atoms with Crippen molar-refractivity contribution >= 4 is 17.6 Å². The maximum Gasteiger partial charge on any atom is 0.0753 e. The third-order valence-corrected chi connectivity index (χ3v) is 1.49. The van der Waals surface area contributed by atoms with Crippen LogP contribution in [0.4, 0.5) is 0 Å². The molecule has 0 aliphatic rings. The lowest BCUT2D eigenvalue weighted by atomic mass is 10.1. The first-order chi connectivity index (χ1) is 3.55. The SMILES string of the molecule is CC(C)[C@H](Cl)C(=O)[O-]. The lowest BCUT2D eigenvalue weighted by Crippen LogP contribution is -2.35. The topological polar surface area (TPSA) is 40.1 Å². The fraction of sp³-hybridized carbons (Fsp3) is 0.800. The minimum atomic E-state index is -1.19. The maximum atomic E-state index is 9.90. The van der Waals surface area contributed by atoms with Crippen LogP contribution in [0.5, 0.6) is 0 Å². The molecular formula is C5H8ClO2-. The standard InChI is InChI=1S/C5H9ClO2/c1-3(2)4(6)5(7)8/h3-4H,1-2H3,(H,7,8)/p-1/t4-/m0/s1. The zero-order chi connectivity index (χ0) is 6.73. The summed E-state index contributed by atoms with van der Waals surface area (Å²) in [6, 6.07) is 0. The molecule has 0 fully saturated rings. The van der Waals surface area contributed by atoms with Gasteiger partial charge in [0.1, 0.15) is 0 Å². The van der Waals surface area contributed by atoms with E-state index in [4.69, 9.17) is 11.6 Å². The first-order valence-electron chi connectivity index (χ1n) is 2.40. The molecule has 48 valence electrons. The Labute approximate surface area is 53.5 Å². The van der Waals surface area contributed by atoms with Crippen molar-refractivity contribution in [3.8, 4) is 0 Å². The van der Waals surface area contributed by atoms with Gasteiger partial charge in [0.25, 0.3) is 0 Å². The van der Waals surface area contributed by atoms with Crippen molar-refractivity contribution < 1.29 is 9.90 Å². The zero-order valence-corrected chi connectivity index (χ0v) is 5.61. The number of carboxylic acids is 1. The van der Waals surface area contributed by atoms with Gasteiger partial charge in [0.2, 0.25) is 0 Å². The van der Waals surface area contributed by atoms with Gasteiger partial charge in [-0.3, -0.25) is 0 Å². The van der Waals surface area contributed by atoms with Crippen molar-refractivity contribution in [1.82, 2.24) is 0 Å². The van der Waals surface area contributed by atoms with Crippen LogP contribution in [0.25, 0.3) is 0 Å². The van der Waals surface area contributed by atoms with E-state index in [1.165, 1.54) is 0 Å². The van der Waals surface area contributed by atoms with Gasteiger partial charge in [-0.15, -0.1) is 11.6 Å². The molecule has 0 aromatic rings. The van der Waals surface area contributed by atoms with E-state index in [1.807, 2.05) is 0 Å². The average molecular weight is 136 g/mol. The summed E-state index contributed by atoms with van der Waals surface area (Å²) in [6.07, 6.45) is 0. The number of rotatable bonds is 2. The molecule has 0 saturated carbocycles. The van der Waals surface area contributed by atoms with Gasteiger partial charge in [0, 0.05) is 0 Å². The van der Waals surface area contributed by atoms with Crippen molar-refractivity contribution in [3.63, 3.8) is 0 Å². The van der Waals surface area contributed by atoms with E-state index in [1.54, 1.807) is 13.8 Å². The van der Waals surface area contributed by atoms with Gasteiger partial charge in [-0.25, -0.2) is 0 Å². The number of hydrogen-bond donors (Lipinski definition) is 0. The molecule has 0 aromatic carbocycles. The summed E-state index contributed by atoms with van der Waals surface area (Å²) in [7, 11) is 0. The van der Waals surface area contributed by atoms with Crippen LogP contribution in [0, 0.1) is 5.92 Å². The second-order valence-corrected chi connectivity index (χ2v) is 2.44. The first-order valence-corrected chi connectivity index (χ1v) is 2.84. The van der Waals surface area contributed by atoms with Gasteiger partial charge >= 0.3 is 0 Å². The zero-order valence-electron chi connectivity index (χ0n) is 4.85. The molecule has 0 aliphatic heterocycles. The van der Waals surface area contributed by atoms with Crippen LogP contribution in [0.2, 0.25) is 0 Å². The largest absolute Gasteiger partial charge is 0.549 e. The molecule has 0 amide bonds. The summed E-state index contributed by atoms with van der Waals surface area (Å²) >= 11 is 5.29. The lowest BCUT2D eigenvalue weighted by molar-refractivity contribution is -0.305. The molecule has 0 N–H and O–H groups in total. The Balaban J connectivity index is 3.64. The van der Waals surface area contributed by atoms with E-state index in [0.29, 0.717) is 0 Å². The quantitative estimate of drug-likeness (QED) is 0.500. The third kappa shape index (κ3) is 2.17. The Bertz CT molecular complexity index is 90.4. The van der Waals surface area contributed by atoms with Gasteiger partial charge in [-0.2, -0.15) is 0 Å². The van der Waals surface area contributed by atoms with E-state index in [-0.39, 0.29) is 5.92 Å². The fourth-order valence-corrected chi connectivity index (χ4v) is 0.272. The van der Waals surface area contributed by atoms with Crippen LogP contribution in [-0.4, -0.2) is 11.3 Å². The molecule has 0 heterocycles. The molecule has 0 unspecified atom stereocenters. The molecule has 0 aliphatic carbocycles. The number of carbonyl (C=O) groups is 1. The lowest BCUT2D eigenvalue weighted by Gasteiger charge is -2.12. The molecule has 8 heavy (non-hydrogen) atoms. The Hall–Kier alpha value is -0.240. The van der Waals surface area contributed by atoms with Gasteiger partial charge in [0.05, 0.1) is 11.3 Å². The van der Waals surface area contributed by atoms with Crippen molar-refractivity contribution in [2.45, 2.75) is 19.2 Å². The predicted molar refractivity (Wildman–Crippen MR) is 29.5 cm³/mol. The van der Waals surface area contributed by atoms with Crippen LogP contribution in [0.3, 0.4) is 0 Å². The molecule has 3 heteroatoms. The van der Waals surface area contributed by atoms with E-state index in [2.05, 4.69) is 0 Å². The highest BCUT2D eigenvalue weighted by Crippen LogP contribution is 2.06. The first kappa shape index (κ1) is 7.76. The van der Waals surface area contributed by atoms with Crippen molar-refractivity contribution in [2.24, 2.45) is 5.92 Å². The Kier molecular flexibility index (Phi) is 2.84. The maximum absolute atomic E-state index is 9.90. The summed E-state index contributed by atoms with van der Waals surface area (Å²) < 4.78 is 0. The molecule has 0 spiro atoms. The van der Waals surface area contributed by atoms with Gasteiger partial charge in [-0.05, 0) is 5.92 Å². The van der Waals surface area contributed by atoms with Gasteiger partial charge in [0.15, 0.2) is 0 Å². The van der Waals surface area contributed by atoms with Crippen LogP contribution >= 0.6 is 11.6 Å². The third-order valence-electron chi connectivity index (χ3n) is 0.810. The number of alkyl halides is 1. The van der Waals surface area contributed by atoms with Gasteiger partial charge in [-0.1, -0.05) is 13.8 Å². The Morgan fingerprint density at radius 2 is 2.00 bits per heavy atom. The summed E-state index contributed by atoms with van der Waals surface area (Å²) in [4.78, 5) is 9.90. The number of carboxylic acid groups (broad SMARTS) is 1. The molecule has 0 bridgehead atoms. The molecule has 0 rings (SSSR count). The highest BCUT2D eigenvalue weighted by Gasteiger charge is 2.08. The second-order valence-electron chi connectivity index (χ2n) is 1.96. The summed E-state index contributed by atoms with van der Waals surface area (Å²) in [6.45, 7) is 3.46. The summed E-state index contributed by atoms with van der Waals surface area (Å²) in [5.74, 6) is -1.25. The van der Waals surface area contributed by atoms with Crippen molar-refractivity contribution in [2.75, 3.05) is 0 Å². The number of carbonyl (C=O) groups excluding carboxylic acids is 1. The molecule has 0 radical (unpaired) electrons. The average Bonchev–Trinajstić information content (AvgIpc) is 1.64. The number of hydrogen-bond acceptors (Lipinski definition) is 2. The Morgan fingerprint density at radius 1 is 1.62 bits per heavy atom. The van der Waals surface area contributed by atoms with Crippen molar-refractivity contribution in [1.29, 1.82) is 0 Å². The summed E-state index contributed by atoms with van der Waals surface area (Å²) in [5.41, 5.74) is 0. The minimum Gasteiger partial charge on any atom is -0.549 e. The van der Waals surface area contributed by atoms with Crippen LogP contribution in [-0.2, 0) is 4.79 Å². The van der Waals surface area contributed by atoms with E-state index in [0.717, 1.165) is 0 Å². The monoisotopic (exact) mass is 135 g/mol. The minimum absolute atomic E-state index is 0.0540. The molecule has 0 saturated heterocycles. The molecule has 2 nitrogen and oxygen atoms in total.